The van der Waals surface area contributed by atoms with Crippen LogP contribution in [0.25, 0.3) is 0 Å². The fraction of sp³-hybridized carbons (Fsp3) is 0.176. The molecule has 0 spiro atoms. The van der Waals surface area contributed by atoms with Gasteiger partial charge in [-0.1, -0.05) is 12.1 Å². The Morgan fingerprint density at radius 1 is 1.29 bits per heavy atom. The maximum Gasteiger partial charge on any atom is 0.262 e. The van der Waals surface area contributed by atoms with Crippen LogP contribution < -0.4 is 20.1 Å². The Bertz CT molecular complexity index is 779. The van der Waals surface area contributed by atoms with E-state index in [0.29, 0.717) is 30.2 Å². The van der Waals surface area contributed by atoms with Gasteiger partial charge in [0, 0.05) is 5.69 Å². The minimum Gasteiger partial charge on any atom is -0.491 e. The molecule has 6 nitrogen and oxygen atoms in total. The lowest BCUT2D eigenvalue weighted by Gasteiger charge is -2.10. The van der Waals surface area contributed by atoms with Gasteiger partial charge in [0.1, 0.15) is 12.4 Å². The van der Waals surface area contributed by atoms with Crippen molar-refractivity contribution in [2.45, 2.75) is 0 Å². The van der Waals surface area contributed by atoms with Gasteiger partial charge in [-0.2, -0.15) is 0 Å². The van der Waals surface area contributed by atoms with Gasteiger partial charge in [0.25, 0.3) is 11.8 Å². The standard InChI is InChI=1S/C17H15FN2O4/c18-13-3-1-2-4-15(13)24-10-16(21)20-11-5-6-14-12(9-11)17(22)19-7-8-23-14/h1-6,9H,7-8,10H2,(H,19,22)(H,20,21). The summed E-state index contributed by atoms with van der Waals surface area (Å²) >= 11 is 0. The summed E-state index contributed by atoms with van der Waals surface area (Å²) in [6.07, 6.45) is 0. The number of ether oxygens (including phenoxy) is 2. The fourth-order valence-electron chi connectivity index (χ4n) is 2.23. The number of carbonyl (C=O) groups excluding carboxylic acids is 2. The van der Waals surface area contributed by atoms with Crippen molar-refractivity contribution >= 4 is 17.5 Å². The van der Waals surface area contributed by atoms with E-state index in [4.69, 9.17) is 9.47 Å². The lowest BCUT2D eigenvalue weighted by molar-refractivity contribution is -0.118. The van der Waals surface area contributed by atoms with Crippen LogP contribution in [0.1, 0.15) is 10.4 Å². The zero-order chi connectivity index (χ0) is 16.9. The van der Waals surface area contributed by atoms with Gasteiger partial charge in [0.2, 0.25) is 0 Å². The van der Waals surface area contributed by atoms with E-state index in [1.54, 1.807) is 18.2 Å². The highest BCUT2D eigenvalue weighted by molar-refractivity contribution is 5.99. The number of anilines is 1. The van der Waals surface area contributed by atoms with Crippen molar-refractivity contribution in [3.05, 3.63) is 53.8 Å². The quantitative estimate of drug-likeness (QED) is 0.898. The van der Waals surface area contributed by atoms with Crippen molar-refractivity contribution in [3.8, 4) is 11.5 Å². The molecule has 0 radical (unpaired) electrons. The van der Waals surface area contributed by atoms with Gasteiger partial charge in [-0.15, -0.1) is 0 Å². The minimum absolute atomic E-state index is 0.00218. The van der Waals surface area contributed by atoms with Crippen molar-refractivity contribution in [2.24, 2.45) is 0 Å². The molecule has 0 atom stereocenters. The van der Waals surface area contributed by atoms with Crippen molar-refractivity contribution < 1.29 is 23.5 Å². The molecule has 2 aromatic rings. The molecule has 0 aromatic heterocycles. The van der Waals surface area contributed by atoms with E-state index in [9.17, 15) is 14.0 Å². The van der Waals surface area contributed by atoms with Crippen LogP contribution in [0, 0.1) is 5.82 Å². The van der Waals surface area contributed by atoms with E-state index in [2.05, 4.69) is 10.6 Å². The monoisotopic (exact) mass is 330 g/mol. The minimum atomic E-state index is -0.538. The van der Waals surface area contributed by atoms with Crippen molar-refractivity contribution in [2.75, 3.05) is 25.1 Å². The zero-order valence-electron chi connectivity index (χ0n) is 12.7. The van der Waals surface area contributed by atoms with Crippen LogP contribution in [0.4, 0.5) is 10.1 Å². The number of carbonyl (C=O) groups is 2. The predicted molar refractivity (Wildman–Crippen MR) is 84.8 cm³/mol. The maximum atomic E-state index is 13.4. The van der Waals surface area contributed by atoms with Crippen LogP contribution in [-0.4, -0.2) is 31.6 Å². The molecule has 24 heavy (non-hydrogen) atoms. The van der Waals surface area contributed by atoms with Gasteiger partial charge >= 0.3 is 0 Å². The summed E-state index contributed by atoms with van der Waals surface area (Å²) in [5.41, 5.74) is 0.775. The molecule has 3 rings (SSSR count). The normalized spacial score (nSPS) is 13.1. The molecule has 0 saturated heterocycles. The van der Waals surface area contributed by atoms with Crippen LogP contribution >= 0.6 is 0 Å². The highest BCUT2D eigenvalue weighted by Gasteiger charge is 2.17. The molecule has 7 heteroatoms. The molecule has 1 aliphatic heterocycles. The highest BCUT2D eigenvalue weighted by atomic mass is 19.1. The summed E-state index contributed by atoms with van der Waals surface area (Å²) in [7, 11) is 0. The molecule has 1 heterocycles. The molecule has 0 bridgehead atoms. The van der Waals surface area contributed by atoms with Crippen LogP contribution in [0.3, 0.4) is 0 Å². The van der Waals surface area contributed by atoms with Gasteiger partial charge in [0.05, 0.1) is 12.1 Å². The van der Waals surface area contributed by atoms with E-state index < -0.39 is 11.7 Å². The van der Waals surface area contributed by atoms with E-state index in [1.165, 1.54) is 24.3 Å². The van der Waals surface area contributed by atoms with Crippen molar-refractivity contribution in [3.63, 3.8) is 0 Å². The van der Waals surface area contributed by atoms with Gasteiger partial charge in [0.15, 0.2) is 18.2 Å². The SMILES string of the molecule is O=C(COc1ccccc1F)Nc1ccc2c(c1)C(=O)NCCO2. The number of nitrogens with one attached hydrogen (secondary N) is 2. The lowest BCUT2D eigenvalue weighted by Crippen LogP contribution is -2.24. The number of para-hydroxylation sites is 1. The van der Waals surface area contributed by atoms with E-state index in [1.807, 2.05) is 0 Å². The Balaban J connectivity index is 1.64. The molecule has 0 fully saturated rings. The van der Waals surface area contributed by atoms with E-state index in [0.717, 1.165) is 0 Å². The first-order chi connectivity index (χ1) is 11.6. The predicted octanol–water partition coefficient (Wildman–Crippen LogP) is 1.97. The van der Waals surface area contributed by atoms with Crippen molar-refractivity contribution in [1.29, 1.82) is 0 Å². The number of halogens is 1. The third-order valence-corrected chi connectivity index (χ3v) is 3.35. The number of benzene rings is 2. The number of rotatable bonds is 4. The second-order valence-electron chi connectivity index (χ2n) is 5.08. The molecule has 2 amide bonds. The number of amides is 2. The van der Waals surface area contributed by atoms with Gasteiger partial charge in [-0.05, 0) is 30.3 Å². The molecular formula is C17H15FN2O4. The third kappa shape index (κ3) is 3.62. The Labute approximate surface area is 137 Å². The van der Waals surface area contributed by atoms with Crippen LogP contribution in [-0.2, 0) is 4.79 Å². The topological polar surface area (TPSA) is 76.7 Å². The smallest absolute Gasteiger partial charge is 0.262 e. The largest absolute Gasteiger partial charge is 0.491 e. The number of fused-ring (bicyclic) bond motifs is 1. The molecule has 2 aromatic carbocycles. The molecule has 0 aliphatic carbocycles. The lowest BCUT2D eigenvalue weighted by atomic mass is 10.1. The average molecular weight is 330 g/mol. The molecule has 0 unspecified atom stereocenters. The highest BCUT2D eigenvalue weighted by Crippen LogP contribution is 2.24. The summed E-state index contributed by atoms with van der Waals surface area (Å²) in [4.78, 5) is 23.8. The van der Waals surface area contributed by atoms with Crippen molar-refractivity contribution in [1.82, 2.24) is 5.32 Å². The summed E-state index contributed by atoms with van der Waals surface area (Å²) in [5.74, 6) is -0.800. The summed E-state index contributed by atoms with van der Waals surface area (Å²) < 4.78 is 24.0. The van der Waals surface area contributed by atoms with Crippen LogP contribution in [0.5, 0.6) is 11.5 Å². The average Bonchev–Trinajstić information content (AvgIpc) is 2.76. The summed E-state index contributed by atoms with van der Waals surface area (Å²) in [6, 6.07) is 10.6. The molecule has 2 N–H and O–H groups in total. The molecule has 1 aliphatic rings. The van der Waals surface area contributed by atoms with E-state index in [-0.39, 0.29) is 18.3 Å². The summed E-state index contributed by atoms with van der Waals surface area (Å²) in [5, 5.41) is 5.29. The molecular weight excluding hydrogens is 315 g/mol. The van der Waals surface area contributed by atoms with Crippen LogP contribution in [0.2, 0.25) is 0 Å². The zero-order valence-corrected chi connectivity index (χ0v) is 12.7. The molecule has 0 saturated carbocycles. The second-order valence-corrected chi connectivity index (χ2v) is 5.08. The fourth-order valence-corrected chi connectivity index (χ4v) is 2.23. The molecule has 124 valence electrons. The van der Waals surface area contributed by atoms with Crippen LogP contribution in [0.15, 0.2) is 42.5 Å². The number of hydrogen-bond acceptors (Lipinski definition) is 4. The third-order valence-electron chi connectivity index (χ3n) is 3.35. The first-order valence-electron chi connectivity index (χ1n) is 7.36. The Morgan fingerprint density at radius 3 is 2.96 bits per heavy atom. The maximum absolute atomic E-state index is 13.4. The summed E-state index contributed by atoms with van der Waals surface area (Å²) in [6.45, 7) is 0.466. The Hall–Kier alpha value is -3.09. The van der Waals surface area contributed by atoms with Gasteiger partial charge in [-0.25, -0.2) is 4.39 Å². The first kappa shape index (κ1) is 15.8. The number of hydrogen-bond donors (Lipinski definition) is 2. The van der Waals surface area contributed by atoms with Gasteiger partial charge < -0.3 is 20.1 Å². The Morgan fingerprint density at radius 2 is 2.12 bits per heavy atom. The van der Waals surface area contributed by atoms with E-state index >= 15 is 0 Å². The first-order valence-corrected chi connectivity index (χ1v) is 7.36. The Kier molecular flexibility index (Phi) is 4.60. The second kappa shape index (κ2) is 6.99. The van der Waals surface area contributed by atoms with Gasteiger partial charge in [-0.3, -0.25) is 9.59 Å².